The summed E-state index contributed by atoms with van der Waals surface area (Å²) in [6.45, 7) is 6.47. The van der Waals surface area contributed by atoms with Crippen LogP contribution in [0.4, 0.5) is 0 Å². The molecule has 0 aliphatic carbocycles. The van der Waals surface area contributed by atoms with Crippen molar-refractivity contribution in [2.45, 2.75) is 322 Å². The first-order chi connectivity index (χ1) is 33.0. The van der Waals surface area contributed by atoms with E-state index in [2.05, 4.69) is 68.6 Å². The zero-order valence-corrected chi connectivity index (χ0v) is 44.8. The van der Waals surface area contributed by atoms with E-state index in [1.165, 1.54) is 199 Å². The molecule has 0 fully saturated rings. The Morgan fingerprint density at radius 1 is 0.448 bits per heavy atom. The number of ether oxygens (including phenoxy) is 1. The summed E-state index contributed by atoms with van der Waals surface area (Å²) < 4.78 is 5.90. The minimum atomic E-state index is -0.810. The molecule has 0 spiro atoms. The second kappa shape index (κ2) is 54.8. The monoisotopic (exact) mass is 940 g/mol. The van der Waals surface area contributed by atoms with E-state index in [9.17, 15) is 19.8 Å². The van der Waals surface area contributed by atoms with Crippen molar-refractivity contribution in [3.8, 4) is 0 Å². The summed E-state index contributed by atoms with van der Waals surface area (Å²) in [5.41, 5.74) is 0. The number of amides is 1. The van der Waals surface area contributed by atoms with E-state index in [4.69, 9.17) is 4.74 Å². The highest BCUT2D eigenvalue weighted by Crippen LogP contribution is 2.18. The van der Waals surface area contributed by atoms with Crippen molar-refractivity contribution >= 4 is 11.9 Å². The van der Waals surface area contributed by atoms with Gasteiger partial charge in [-0.25, -0.2) is 0 Å². The molecular weight excluding hydrogens is 827 g/mol. The van der Waals surface area contributed by atoms with Crippen LogP contribution in [-0.4, -0.2) is 46.9 Å². The maximum atomic E-state index is 13.2. The molecule has 0 aromatic heterocycles. The van der Waals surface area contributed by atoms with Crippen molar-refractivity contribution < 1.29 is 24.5 Å². The van der Waals surface area contributed by atoms with E-state index >= 15 is 0 Å². The normalized spacial score (nSPS) is 13.4. The van der Waals surface area contributed by atoms with Crippen LogP contribution in [0.2, 0.25) is 0 Å². The fourth-order valence-electron chi connectivity index (χ4n) is 8.94. The largest absolute Gasteiger partial charge is 0.461 e. The van der Waals surface area contributed by atoms with E-state index in [-0.39, 0.29) is 24.9 Å². The SMILES string of the molecule is CCCCC/C=C\C/C=C\C/C=C\C/C=C\CC(CC(=O)NC(CO)C(O)CCCCCCCCCCCCCCCCCCC)OC(=O)CCCCCCCCCCCCCCCCCC. The van der Waals surface area contributed by atoms with E-state index in [0.717, 1.165) is 57.8 Å². The van der Waals surface area contributed by atoms with E-state index in [1.54, 1.807) is 0 Å². The van der Waals surface area contributed by atoms with Crippen LogP contribution in [0.1, 0.15) is 303 Å². The van der Waals surface area contributed by atoms with Crippen molar-refractivity contribution in [2.24, 2.45) is 0 Å². The number of esters is 1. The first kappa shape index (κ1) is 64.8. The molecule has 3 atom stereocenters. The highest BCUT2D eigenvalue weighted by Gasteiger charge is 2.23. The van der Waals surface area contributed by atoms with Gasteiger partial charge in [0.15, 0.2) is 0 Å². The number of unbranched alkanes of at least 4 members (excludes halogenated alkanes) is 34. The molecule has 0 aromatic carbocycles. The molecule has 0 saturated carbocycles. The number of allylic oxidation sites excluding steroid dienone is 7. The Labute approximate surface area is 416 Å². The van der Waals surface area contributed by atoms with Gasteiger partial charge in [-0.3, -0.25) is 9.59 Å². The van der Waals surface area contributed by atoms with Crippen LogP contribution in [0.3, 0.4) is 0 Å². The molecule has 6 nitrogen and oxygen atoms in total. The van der Waals surface area contributed by atoms with Crippen LogP contribution >= 0.6 is 0 Å². The molecule has 0 heterocycles. The van der Waals surface area contributed by atoms with Crippen LogP contribution in [-0.2, 0) is 14.3 Å². The summed E-state index contributed by atoms with van der Waals surface area (Å²) in [6.07, 6.45) is 67.7. The van der Waals surface area contributed by atoms with Crippen LogP contribution in [0.25, 0.3) is 0 Å². The van der Waals surface area contributed by atoms with Gasteiger partial charge in [-0.2, -0.15) is 0 Å². The van der Waals surface area contributed by atoms with Crippen molar-refractivity contribution in [3.05, 3.63) is 48.6 Å². The standard InChI is InChI=1S/C61H113NO5/c1-4-7-10-13-16-19-22-25-28-30-32-35-38-41-44-47-50-53-59(64)58(56-63)62-60(65)55-57(52-49-46-43-40-37-34-31-27-24-21-18-15-12-9-6-3)67-61(66)54-51-48-45-42-39-36-33-29-26-23-20-17-14-11-8-5-2/h18,21,27,31,37,40,46,49,57-59,63-64H,4-17,19-20,22-26,28-30,32-36,38-39,41-45,47-48,50-56H2,1-3H3,(H,62,65)/b21-18-,31-27-,40-37-,49-46-. The van der Waals surface area contributed by atoms with Gasteiger partial charge < -0.3 is 20.3 Å². The maximum absolute atomic E-state index is 13.2. The van der Waals surface area contributed by atoms with Crippen molar-refractivity contribution in [3.63, 3.8) is 0 Å². The molecule has 0 saturated heterocycles. The molecule has 0 radical (unpaired) electrons. The molecule has 3 unspecified atom stereocenters. The summed E-state index contributed by atoms with van der Waals surface area (Å²) in [6, 6.07) is -0.730. The van der Waals surface area contributed by atoms with Crippen LogP contribution in [0.5, 0.6) is 0 Å². The molecule has 67 heavy (non-hydrogen) atoms. The molecule has 0 rings (SSSR count). The third-order valence-corrected chi connectivity index (χ3v) is 13.4. The van der Waals surface area contributed by atoms with Gasteiger partial charge in [0.25, 0.3) is 0 Å². The Morgan fingerprint density at radius 3 is 1.19 bits per heavy atom. The van der Waals surface area contributed by atoms with Gasteiger partial charge in [-0.05, 0) is 44.9 Å². The Kier molecular flexibility index (Phi) is 53.0. The van der Waals surface area contributed by atoms with Crippen molar-refractivity contribution in [2.75, 3.05) is 6.61 Å². The number of aliphatic hydroxyl groups is 2. The fourth-order valence-corrected chi connectivity index (χ4v) is 8.94. The average Bonchev–Trinajstić information content (AvgIpc) is 3.32. The van der Waals surface area contributed by atoms with E-state index in [0.29, 0.717) is 19.3 Å². The predicted molar refractivity (Wildman–Crippen MR) is 292 cm³/mol. The molecule has 392 valence electrons. The van der Waals surface area contributed by atoms with Gasteiger partial charge >= 0.3 is 5.97 Å². The summed E-state index contributed by atoms with van der Waals surface area (Å²) in [4.78, 5) is 26.2. The number of carbonyl (C=O) groups excluding carboxylic acids is 2. The summed E-state index contributed by atoms with van der Waals surface area (Å²) in [5.74, 6) is -0.562. The topological polar surface area (TPSA) is 95.9 Å². The van der Waals surface area contributed by atoms with E-state index < -0.39 is 18.2 Å². The molecule has 0 aromatic rings. The third kappa shape index (κ3) is 50.0. The van der Waals surface area contributed by atoms with Gasteiger partial charge in [0.05, 0.1) is 25.2 Å². The Hall–Kier alpha value is -2.18. The number of nitrogens with one attached hydrogen (secondary N) is 1. The van der Waals surface area contributed by atoms with Gasteiger partial charge in [0.2, 0.25) is 5.91 Å². The zero-order valence-electron chi connectivity index (χ0n) is 44.8. The average molecular weight is 941 g/mol. The van der Waals surface area contributed by atoms with Crippen molar-refractivity contribution in [1.29, 1.82) is 0 Å². The first-order valence-electron chi connectivity index (χ1n) is 29.4. The molecule has 6 heteroatoms. The lowest BCUT2D eigenvalue weighted by Crippen LogP contribution is -2.46. The number of aliphatic hydroxyl groups excluding tert-OH is 2. The van der Waals surface area contributed by atoms with Crippen LogP contribution < -0.4 is 5.32 Å². The number of carbonyl (C=O) groups is 2. The summed E-state index contributed by atoms with van der Waals surface area (Å²) in [5, 5.41) is 23.9. The second-order valence-corrected chi connectivity index (χ2v) is 20.1. The zero-order chi connectivity index (χ0) is 48.8. The highest BCUT2D eigenvalue weighted by molar-refractivity contribution is 5.77. The van der Waals surface area contributed by atoms with Crippen molar-refractivity contribution in [1.82, 2.24) is 5.32 Å². The number of hydrogen-bond acceptors (Lipinski definition) is 5. The number of rotatable bonds is 53. The van der Waals surface area contributed by atoms with Crippen LogP contribution in [0, 0.1) is 0 Å². The minimum Gasteiger partial charge on any atom is -0.461 e. The number of hydrogen-bond donors (Lipinski definition) is 3. The lowest BCUT2D eigenvalue weighted by atomic mass is 10.0. The van der Waals surface area contributed by atoms with Gasteiger partial charge in [0.1, 0.15) is 6.10 Å². The lowest BCUT2D eigenvalue weighted by molar-refractivity contribution is -0.150. The second-order valence-electron chi connectivity index (χ2n) is 20.1. The highest BCUT2D eigenvalue weighted by atomic mass is 16.5. The van der Waals surface area contributed by atoms with Gasteiger partial charge in [-0.1, -0.05) is 288 Å². The molecule has 0 bridgehead atoms. The smallest absolute Gasteiger partial charge is 0.306 e. The Morgan fingerprint density at radius 2 is 0.791 bits per heavy atom. The van der Waals surface area contributed by atoms with Crippen LogP contribution in [0.15, 0.2) is 48.6 Å². The molecule has 0 aliphatic rings. The van der Waals surface area contributed by atoms with E-state index in [1.807, 2.05) is 6.08 Å². The first-order valence-corrected chi connectivity index (χ1v) is 29.4. The summed E-state index contributed by atoms with van der Waals surface area (Å²) >= 11 is 0. The molecule has 0 aliphatic heterocycles. The van der Waals surface area contributed by atoms with Gasteiger partial charge in [-0.15, -0.1) is 0 Å². The quantitative estimate of drug-likeness (QED) is 0.0321. The predicted octanol–water partition coefficient (Wildman–Crippen LogP) is 18.2. The Balaban J connectivity index is 4.61. The van der Waals surface area contributed by atoms with Gasteiger partial charge in [0, 0.05) is 12.8 Å². The third-order valence-electron chi connectivity index (χ3n) is 13.4. The minimum absolute atomic E-state index is 0.00503. The molecule has 1 amide bonds. The lowest BCUT2D eigenvalue weighted by Gasteiger charge is -2.24. The fraction of sp³-hybridized carbons (Fsp3) is 0.836. The summed E-state index contributed by atoms with van der Waals surface area (Å²) in [7, 11) is 0. The molecule has 3 N–H and O–H groups in total. The Bertz CT molecular complexity index is 1150. The maximum Gasteiger partial charge on any atom is 0.306 e. The molecular formula is C61H113NO5.